The highest BCUT2D eigenvalue weighted by molar-refractivity contribution is 9.10. The number of alkyl halides is 1. The number of hydrogen-bond donors (Lipinski definition) is 0. The Morgan fingerprint density at radius 3 is 2.71 bits per heavy atom. The molecule has 1 unspecified atom stereocenters. The number of rotatable bonds is 6. The lowest BCUT2D eigenvalue weighted by Gasteiger charge is -2.15. The highest BCUT2D eigenvalue weighted by atomic mass is 79.9. The normalized spacial score (nSPS) is 12.6. The van der Waals surface area contributed by atoms with Crippen molar-refractivity contribution in [2.75, 3.05) is 5.88 Å². The Bertz CT molecular complexity index is 610. The third kappa shape index (κ3) is 4.24. The molecular formula is C16H19BrCl2N2. The summed E-state index contributed by atoms with van der Waals surface area (Å²) in [5, 5.41) is 5.32. The maximum Gasteiger partial charge on any atom is 0.0738 e. The number of benzene rings is 1. The van der Waals surface area contributed by atoms with E-state index in [1.54, 1.807) is 0 Å². The first-order chi connectivity index (χ1) is 10.0. The van der Waals surface area contributed by atoms with Gasteiger partial charge in [-0.25, -0.2) is 0 Å². The first-order valence-electron chi connectivity index (χ1n) is 7.07. The van der Waals surface area contributed by atoms with E-state index in [4.69, 9.17) is 23.2 Å². The van der Waals surface area contributed by atoms with Crippen LogP contribution in [0.1, 0.15) is 23.9 Å². The minimum absolute atomic E-state index is 0.364. The summed E-state index contributed by atoms with van der Waals surface area (Å²) >= 11 is 15.9. The van der Waals surface area contributed by atoms with Crippen LogP contribution in [0.4, 0.5) is 0 Å². The Balaban J connectivity index is 2.16. The Kier molecular flexibility index (Phi) is 6.15. The summed E-state index contributed by atoms with van der Waals surface area (Å²) in [6.07, 6.45) is 1.83. The molecule has 0 aliphatic rings. The maximum absolute atomic E-state index is 6.18. The largest absolute Gasteiger partial charge is 0.268 e. The van der Waals surface area contributed by atoms with Crippen molar-refractivity contribution in [1.29, 1.82) is 0 Å². The molecule has 0 aliphatic heterocycles. The van der Waals surface area contributed by atoms with Gasteiger partial charge in [-0.05, 0) is 66.2 Å². The Hall–Kier alpha value is -0.510. The molecular weight excluding hydrogens is 371 g/mol. The van der Waals surface area contributed by atoms with E-state index in [1.165, 1.54) is 11.3 Å². The highest BCUT2D eigenvalue weighted by Gasteiger charge is 2.17. The minimum Gasteiger partial charge on any atom is -0.268 e. The van der Waals surface area contributed by atoms with Crippen molar-refractivity contribution in [3.63, 3.8) is 0 Å². The molecule has 0 bridgehead atoms. The highest BCUT2D eigenvalue weighted by Crippen LogP contribution is 2.26. The molecule has 1 heterocycles. The molecule has 0 saturated carbocycles. The van der Waals surface area contributed by atoms with E-state index in [-0.39, 0.29) is 0 Å². The monoisotopic (exact) mass is 388 g/mol. The molecule has 0 N–H and O–H groups in total. The number of aryl methyl sites for hydroxylation is 2. The molecule has 5 heteroatoms. The van der Waals surface area contributed by atoms with Crippen molar-refractivity contribution in [2.24, 2.45) is 5.92 Å². The van der Waals surface area contributed by atoms with Crippen LogP contribution in [-0.4, -0.2) is 15.7 Å². The van der Waals surface area contributed by atoms with Crippen LogP contribution in [0.3, 0.4) is 0 Å². The van der Waals surface area contributed by atoms with Gasteiger partial charge in [-0.15, -0.1) is 11.6 Å². The third-order valence-electron chi connectivity index (χ3n) is 3.57. The third-order valence-corrected chi connectivity index (χ3v) is 5.27. The lowest BCUT2D eigenvalue weighted by molar-refractivity contribution is 0.530. The maximum atomic E-state index is 6.18. The molecule has 1 atom stereocenters. The molecule has 114 valence electrons. The van der Waals surface area contributed by atoms with Gasteiger partial charge in [0.2, 0.25) is 0 Å². The fourth-order valence-electron chi connectivity index (χ4n) is 2.52. The van der Waals surface area contributed by atoms with Crippen molar-refractivity contribution in [2.45, 2.75) is 33.2 Å². The number of halogens is 3. The van der Waals surface area contributed by atoms with Gasteiger partial charge in [0.25, 0.3) is 0 Å². The van der Waals surface area contributed by atoms with Gasteiger partial charge in [0.15, 0.2) is 0 Å². The average molecular weight is 390 g/mol. The second kappa shape index (κ2) is 7.66. The van der Waals surface area contributed by atoms with Crippen LogP contribution in [0.5, 0.6) is 0 Å². The molecule has 2 nitrogen and oxygen atoms in total. The molecule has 0 aliphatic carbocycles. The summed E-state index contributed by atoms with van der Waals surface area (Å²) in [6, 6.07) is 7.99. The summed E-state index contributed by atoms with van der Waals surface area (Å²) in [5.74, 6) is 0.982. The zero-order valence-corrected chi connectivity index (χ0v) is 15.3. The molecule has 2 rings (SSSR count). The van der Waals surface area contributed by atoms with Crippen LogP contribution in [0.15, 0.2) is 28.7 Å². The molecule has 1 aromatic heterocycles. The van der Waals surface area contributed by atoms with Crippen LogP contribution in [-0.2, 0) is 19.4 Å². The predicted octanol–water partition coefficient (Wildman–Crippen LogP) is 5.27. The van der Waals surface area contributed by atoms with Gasteiger partial charge < -0.3 is 0 Å². The smallest absolute Gasteiger partial charge is 0.0738 e. The SMILES string of the molecule is CCn1nc(C)c(Br)c1CC(CCl)Cc1cccc(Cl)c1. The van der Waals surface area contributed by atoms with Gasteiger partial charge in [-0.3, -0.25) is 4.68 Å². The van der Waals surface area contributed by atoms with Crippen molar-refractivity contribution in [3.8, 4) is 0 Å². The second-order valence-corrected chi connectivity index (χ2v) is 6.76. The van der Waals surface area contributed by atoms with Crippen molar-refractivity contribution in [3.05, 3.63) is 50.7 Å². The lowest BCUT2D eigenvalue weighted by atomic mass is 9.96. The van der Waals surface area contributed by atoms with E-state index in [9.17, 15) is 0 Å². The van der Waals surface area contributed by atoms with Crippen LogP contribution >= 0.6 is 39.1 Å². The van der Waals surface area contributed by atoms with Crippen LogP contribution in [0, 0.1) is 12.8 Å². The van der Waals surface area contributed by atoms with E-state index < -0.39 is 0 Å². The van der Waals surface area contributed by atoms with E-state index in [0.717, 1.165) is 34.6 Å². The van der Waals surface area contributed by atoms with Crippen LogP contribution in [0.25, 0.3) is 0 Å². The minimum atomic E-state index is 0.364. The van der Waals surface area contributed by atoms with Gasteiger partial charge >= 0.3 is 0 Å². The Morgan fingerprint density at radius 1 is 1.33 bits per heavy atom. The van der Waals surface area contributed by atoms with Crippen molar-refractivity contribution >= 4 is 39.1 Å². The number of aromatic nitrogens is 2. The van der Waals surface area contributed by atoms with Crippen LogP contribution in [0.2, 0.25) is 5.02 Å². The molecule has 21 heavy (non-hydrogen) atoms. The molecule has 0 fully saturated rings. The predicted molar refractivity (Wildman–Crippen MR) is 93.4 cm³/mol. The molecule has 1 aromatic carbocycles. The quantitative estimate of drug-likeness (QED) is 0.615. The zero-order valence-electron chi connectivity index (χ0n) is 12.2. The second-order valence-electron chi connectivity index (χ2n) is 5.22. The summed E-state index contributed by atoms with van der Waals surface area (Å²) in [7, 11) is 0. The summed E-state index contributed by atoms with van der Waals surface area (Å²) in [6.45, 7) is 5.00. The summed E-state index contributed by atoms with van der Waals surface area (Å²) in [5.41, 5.74) is 3.48. The molecule has 0 amide bonds. The van der Waals surface area contributed by atoms with Crippen molar-refractivity contribution < 1.29 is 0 Å². The van der Waals surface area contributed by atoms with E-state index >= 15 is 0 Å². The fourth-order valence-corrected chi connectivity index (χ4v) is 3.39. The van der Waals surface area contributed by atoms with Gasteiger partial charge in [0.1, 0.15) is 0 Å². The first kappa shape index (κ1) is 16.9. The van der Waals surface area contributed by atoms with E-state index in [0.29, 0.717) is 11.8 Å². The standard InChI is InChI=1S/C16H19BrCl2N2/c1-3-21-15(16(17)11(2)20-21)9-13(10-18)7-12-5-4-6-14(19)8-12/h4-6,8,13H,3,7,9-10H2,1-2H3. The topological polar surface area (TPSA) is 17.8 Å². The summed E-state index contributed by atoms with van der Waals surface area (Å²) in [4.78, 5) is 0. The summed E-state index contributed by atoms with van der Waals surface area (Å²) < 4.78 is 3.15. The number of nitrogens with zero attached hydrogens (tertiary/aromatic N) is 2. The Morgan fingerprint density at radius 2 is 2.10 bits per heavy atom. The molecule has 0 radical (unpaired) electrons. The first-order valence-corrected chi connectivity index (χ1v) is 8.77. The van der Waals surface area contributed by atoms with Gasteiger partial charge in [-0.1, -0.05) is 23.7 Å². The number of hydrogen-bond acceptors (Lipinski definition) is 1. The fraction of sp³-hybridized carbons (Fsp3) is 0.438. The van der Waals surface area contributed by atoms with E-state index in [1.807, 2.05) is 25.1 Å². The zero-order chi connectivity index (χ0) is 15.4. The van der Waals surface area contributed by atoms with Gasteiger partial charge in [0, 0.05) is 17.4 Å². The average Bonchev–Trinajstić information content (AvgIpc) is 2.74. The van der Waals surface area contributed by atoms with Gasteiger partial charge in [-0.2, -0.15) is 5.10 Å². The van der Waals surface area contributed by atoms with E-state index in [2.05, 4.69) is 38.7 Å². The Labute approximate surface area is 144 Å². The molecule has 2 aromatic rings. The van der Waals surface area contributed by atoms with Crippen LogP contribution < -0.4 is 0 Å². The van der Waals surface area contributed by atoms with Crippen molar-refractivity contribution in [1.82, 2.24) is 9.78 Å². The molecule has 0 saturated heterocycles. The molecule has 0 spiro atoms. The lowest BCUT2D eigenvalue weighted by Crippen LogP contribution is -2.14. The van der Waals surface area contributed by atoms with Gasteiger partial charge in [0.05, 0.1) is 15.9 Å².